The maximum absolute atomic E-state index is 12.5. The zero-order valence-electron chi connectivity index (χ0n) is 15.3. The first-order chi connectivity index (χ1) is 13.3. The molecule has 1 aliphatic heterocycles. The Kier molecular flexibility index (Phi) is 6.03. The largest absolute Gasteiger partial charge is 0.507 e. The summed E-state index contributed by atoms with van der Waals surface area (Å²) in [5.41, 5.74) is 1.03. The van der Waals surface area contributed by atoms with Crippen LogP contribution in [0.4, 0.5) is 0 Å². The van der Waals surface area contributed by atoms with E-state index in [-0.39, 0.29) is 35.7 Å². The molecule has 1 aliphatic carbocycles. The molecule has 3 N–H and O–H groups in total. The second-order valence-electron chi connectivity index (χ2n) is 6.63. The molecule has 0 spiro atoms. The first-order valence-electron chi connectivity index (χ1n) is 8.85. The van der Waals surface area contributed by atoms with Crippen LogP contribution in [-0.2, 0) is 23.9 Å². The number of allylic oxidation sites excluding steroid dienone is 1. The van der Waals surface area contributed by atoms with Crippen LogP contribution in [0.25, 0.3) is 0 Å². The molecule has 0 saturated carbocycles. The Bertz CT molecular complexity index is 843. The van der Waals surface area contributed by atoms with Crippen LogP contribution in [0, 0.1) is 0 Å². The van der Waals surface area contributed by atoms with Gasteiger partial charge in [-0.15, -0.1) is 0 Å². The first-order valence-corrected chi connectivity index (χ1v) is 8.85. The minimum Gasteiger partial charge on any atom is -0.507 e. The summed E-state index contributed by atoms with van der Waals surface area (Å²) in [6.07, 6.45) is -1.19. The van der Waals surface area contributed by atoms with Crippen LogP contribution in [0.3, 0.4) is 0 Å². The third-order valence-electron chi connectivity index (χ3n) is 4.52. The molecule has 3 rings (SSSR count). The molecular weight excluding hydrogens is 366 g/mol. The van der Waals surface area contributed by atoms with Crippen molar-refractivity contribution < 1.29 is 34.1 Å². The summed E-state index contributed by atoms with van der Waals surface area (Å²) >= 11 is 0. The zero-order chi connectivity index (χ0) is 20.3. The number of hydrogen-bond donors (Lipinski definition) is 3. The predicted molar refractivity (Wildman–Crippen MR) is 96.8 cm³/mol. The molecular formula is C20H21NO7. The van der Waals surface area contributed by atoms with E-state index in [9.17, 15) is 24.6 Å². The number of hydrogen-bond acceptors (Lipinski definition) is 8. The minimum atomic E-state index is -1.46. The molecule has 0 amide bonds. The molecule has 0 aromatic heterocycles. The Morgan fingerprint density at radius 2 is 1.96 bits per heavy atom. The smallest absolute Gasteiger partial charge is 0.325 e. The second kappa shape index (κ2) is 8.47. The average Bonchev–Trinajstić information content (AvgIpc) is 2.66. The van der Waals surface area contributed by atoms with Crippen molar-refractivity contribution in [3.05, 3.63) is 59.1 Å². The number of ether oxygens (including phenoxy) is 2. The van der Waals surface area contributed by atoms with Gasteiger partial charge in [0.15, 0.2) is 17.8 Å². The number of nitrogens with one attached hydrogen (secondary N) is 1. The highest BCUT2D eigenvalue weighted by Gasteiger charge is 2.38. The lowest BCUT2D eigenvalue weighted by Gasteiger charge is -2.34. The lowest BCUT2D eigenvalue weighted by molar-refractivity contribution is -0.140. The Morgan fingerprint density at radius 1 is 1.25 bits per heavy atom. The molecule has 8 heteroatoms. The van der Waals surface area contributed by atoms with E-state index in [4.69, 9.17) is 9.47 Å². The van der Waals surface area contributed by atoms with E-state index in [2.05, 4.69) is 5.32 Å². The standard InChI is InChI=1S/C20H21NO7/c1-11(22)20(26)21-10-18(25)27-13-7-14(23)19-15(24)9-16(28-17(19)8-13)12-5-3-2-4-6-12/h2-7,16-17,20-21,23,26H,8-10H2,1H3. The summed E-state index contributed by atoms with van der Waals surface area (Å²) < 4.78 is 11.2. The molecule has 1 saturated heterocycles. The lowest BCUT2D eigenvalue weighted by Crippen LogP contribution is -2.39. The quantitative estimate of drug-likeness (QED) is 0.492. The average molecular weight is 387 g/mol. The van der Waals surface area contributed by atoms with E-state index in [1.165, 1.54) is 13.0 Å². The normalized spacial score (nSPS) is 22.9. The van der Waals surface area contributed by atoms with Crippen LogP contribution in [-0.4, -0.2) is 46.6 Å². The van der Waals surface area contributed by atoms with Gasteiger partial charge >= 0.3 is 5.97 Å². The van der Waals surface area contributed by atoms with Gasteiger partial charge in [0.05, 0.1) is 24.3 Å². The van der Waals surface area contributed by atoms with Crippen molar-refractivity contribution in [3.63, 3.8) is 0 Å². The number of carbonyl (C=O) groups excluding carboxylic acids is 3. The fraction of sp³-hybridized carbons (Fsp3) is 0.350. The van der Waals surface area contributed by atoms with Crippen molar-refractivity contribution in [2.24, 2.45) is 0 Å². The van der Waals surface area contributed by atoms with Crippen molar-refractivity contribution in [3.8, 4) is 0 Å². The molecule has 1 fully saturated rings. The van der Waals surface area contributed by atoms with Gasteiger partial charge in [-0.05, 0) is 12.5 Å². The SMILES string of the molecule is CC(=O)C(O)NCC(=O)OC1=CC(O)=C2C(=O)CC(c3ccccc3)OC2C1. The van der Waals surface area contributed by atoms with Crippen LogP contribution in [0.5, 0.6) is 0 Å². The Balaban J connectivity index is 1.67. The third kappa shape index (κ3) is 4.53. The number of carbonyl (C=O) groups is 3. The number of aliphatic hydroxyl groups excluding tert-OH is 2. The highest BCUT2D eigenvalue weighted by molar-refractivity contribution is 5.98. The summed E-state index contributed by atoms with van der Waals surface area (Å²) in [7, 11) is 0. The number of Topliss-reactive ketones (excluding diaryl/α,β-unsaturated/α-hetero) is 2. The van der Waals surface area contributed by atoms with Gasteiger partial charge in [0.1, 0.15) is 11.5 Å². The number of aliphatic hydroxyl groups is 2. The fourth-order valence-corrected chi connectivity index (χ4v) is 3.14. The number of esters is 1. The second-order valence-corrected chi connectivity index (χ2v) is 6.63. The third-order valence-corrected chi connectivity index (χ3v) is 4.52. The van der Waals surface area contributed by atoms with Gasteiger partial charge in [-0.1, -0.05) is 30.3 Å². The summed E-state index contributed by atoms with van der Waals surface area (Å²) in [5, 5.41) is 21.9. The first kappa shape index (κ1) is 19.9. The molecule has 148 valence electrons. The van der Waals surface area contributed by atoms with E-state index in [0.29, 0.717) is 0 Å². The van der Waals surface area contributed by atoms with E-state index < -0.39 is 36.7 Å². The number of benzene rings is 1. The molecule has 0 bridgehead atoms. The van der Waals surface area contributed by atoms with Gasteiger partial charge in [0.2, 0.25) is 0 Å². The number of rotatable bonds is 6. The van der Waals surface area contributed by atoms with Crippen LogP contribution in [0.15, 0.2) is 53.5 Å². The molecule has 8 nitrogen and oxygen atoms in total. The van der Waals surface area contributed by atoms with Crippen LogP contribution in [0.2, 0.25) is 0 Å². The molecule has 2 aliphatic rings. The van der Waals surface area contributed by atoms with Gasteiger partial charge in [0.25, 0.3) is 0 Å². The highest BCUT2D eigenvalue weighted by Crippen LogP contribution is 2.38. The zero-order valence-corrected chi connectivity index (χ0v) is 15.3. The molecule has 3 unspecified atom stereocenters. The van der Waals surface area contributed by atoms with Crippen LogP contribution >= 0.6 is 0 Å². The molecule has 0 radical (unpaired) electrons. The van der Waals surface area contributed by atoms with Crippen molar-refractivity contribution in [2.75, 3.05) is 6.54 Å². The van der Waals surface area contributed by atoms with Gasteiger partial charge in [-0.2, -0.15) is 0 Å². The van der Waals surface area contributed by atoms with Crippen LogP contribution < -0.4 is 5.32 Å². The molecule has 1 heterocycles. The van der Waals surface area contributed by atoms with E-state index in [1.807, 2.05) is 30.3 Å². The number of fused-ring (bicyclic) bond motifs is 1. The highest BCUT2D eigenvalue weighted by atomic mass is 16.5. The molecule has 28 heavy (non-hydrogen) atoms. The van der Waals surface area contributed by atoms with Gasteiger partial charge in [-0.3, -0.25) is 19.7 Å². The molecule has 3 atom stereocenters. The lowest BCUT2D eigenvalue weighted by atomic mass is 9.88. The van der Waals surface area contributed by atoms with Gasteiger partial charge in [-0.25, -0.2) is 0 Å². The molecule has 1 aromatic rings. The van der Waals surface area contributed by atoms with Crippen molar-refractivity contribution in [1.29, 1.82) is 0 Å². The van der Waals surface area contributed by atoms with Gasteiger partial charge < -0.3 is 19.7 Å². The monoisotopic (exact) mass is 387 g/mol. The Hall–Kier alpha value is -2.81. The van der Waals surface area contributed by atoms with Crippen molar-refractivity contribution in [2.45, 2.75) is 38.2 Å². The fourth-order valence-electron chi connectivity index (χ4n) is 3.14. The number of ketones is 2. The van der Waals surface area contributed by atoms with E-state index >= 15 is 0 Å². The summed E-state index contributed by atoms with van der Waals surface area (Å²) in [5.74, 6) is -1.64. The maximum Gasteiger partial charge on any atom is 0.325 e. The van der Waals surface area contributed by atoms with Crippen LogP contribution in [0.1, 0.15) is 31.4 Å². The Labute approximate surface area is 161 Å². The van der Waals surface area contributed by atoms with E-state index in [1.54, 1.807) is 0 Å². The van der Waals surface area contributed by atoms with Crippen molar-refractivity contribution in [1.82, 2.24) is 5.32 Å². The van der Waals surface area contributed by atoms with Gasteiger partial charge in [0, 0.05) is 18.9 Å². The summed E-state index contributed by atoms with van der Waals surface area (Å²) in [6.45, 7) is 0.782. The maximum atomic E-state index is 12.5. The Morgan fingerprint density at radius 3 is 2.64 bits per heavy atom. The predicted octanol–water partition coefficient (Wildman–Crippen LogP) is 1.23. The van der Waals surface area contributed by atoms with Crippen molar-refractivity contribution >= 4 is 17.5 Å². The summed E-state index contributed by atoms with van der Waals surface area (Å²) in [6, 6.07) is 9.28. The minimum absolute atomic E-state index is 0.107. The summed E-state index contributed by atoms with van der Waals surface area (Å²) in [4.78, 5) is 35.4. The van der Waals surface area contributed by atoms with E-state index in [0.717, 1.165) is 5.56 Å². The topological polar surface area (TPSA) is 122 Å². The molecule has 1 aromatic carbocycles.